The third-order valence-corrected chi connectivity index (χ3v) is 10.1. The van der Waals surface area contributed by atoms with Gasteiger partial charge in [0.1, 0.15) is 10.6 Å². The first-order valence-corrected chi connectivity index (χ1v) is 15.4. The van der Waals surface area contributed by atoms with E-state index in [-0.39, 0.29) is 16.6 Å². The minimum absolute atomic E-state index is 0.0129. The Hall–Kier alpha value is -2.75. The van der Waals surface area contributed by atoms with E-state index in [2.05, 4.69) is 4.90 Å². The molecule has 3 aromatic rings. The molecule has 2 aliphatic heterocycles. The normalized spacial score (nSPS) is 16.6. The lowest BCUT2D eigenvalue weighted by molar-refractivity contribution is 0.0772. The number of nitrogens with zero attached hydrogens (tertiary/aromatic N) is 3. The molecular weight excluding hydrogens is 593 g/mol. The van der Waals surface area contributed by atoms with Crippen molar-refractivity contribution in [1.29, 1.82) is 0 Å². The first kappa shape index (κ1) is 28.8. The van der Waals surface area contributed by atoms with Gasteiger partial charge in [0, 0.05) is 55.5 Å². The summed E-state index contributed by atoms with van der Waals surface area (Å²) in [5.74, 6) is -0.0384. The molecule has 1 amide bonds. The van der Waals surface area contributed by atoms with E-state index < -0.39 is 10.0 Å². The topological polar surface area (TPSA) is 70.2 Å². The fourth-order valence-electron chi connectivity index (χ4n) is 5.00. The van der Waals surface area contributed by atoms with Crippen LogP contribution in [0.2, 0.25) is 15.1 Å². The molecule has 0 spiro atoms. The van der Waals surface area contributed by atoms with Gasteiger partial charge in [0.05, 0.1) is 17.2 Å². The number of benzene rings is 3. The Morgan fingerprint density at radius 2 is 1.65 bits per heavy atom. The average molecular weight is 621 g/mol. The molecular formula is C29H28Cl3N3O4S. The van der Waals surface area contributed by atoms with Crippen molar-refractivity contribution >= 4 is 62.0 Å². The van der Waals surface area contributed by atoms with Crippen LogP contribution < -0.4 is 9.64 Å². The van der Waals surface area contributed by atoms with Gasteiger partial charge in [-0.05, 0) is 66.1 Å². The Balaban J connectivity index is 1.31. The number of carbonyl (C=O) groups excluding carboxylic acids is 1. The van der Waals surface area contributed by atoms with Crippen LogP contribution >= 0.6 is 34.8 Å². The molecule has 40 heavy (non-hydrogen) atoms. The maximum atomic E-state index is 13.7. The summed E-state index contributed by atoms with van der Waals surface area (Å²) in [6.07, 6.45) is 2.63. The highest BCUT2D eigenvalue weighted by Crippen LogP contribution is 2.32. The van der Waals surface area contributed by atoms with Gasteiger partial charge in [-0.2, -0.15) is 4.31 Å². The van der Waals surface area contributed by atoms with Crippen LogP contribution in [-0.4, -0.2) is 69.9 Å². The second-order valence-corrected chi connectivity index (χ2v) is 12.8. The van der Waals surface area contributed by atoms with Crippen LogP contribution in [0.25, 0.3) is 5.57 Å². The van der Waals surface area contributed by atoms with Crippen molar-refractivity contribution in [3.63, 3.8) is 0 Å². The van der Waals surface area contributed by atoms with Crippen molar-refractivity contribution in [2.45, 2.75) is 11.3 Å². The summed E-state index contributed by atoms with van der Waals surface area (Å²) >= 11 is 18.3. The summed E-state index contributed by atoms with van der Waals surface area (Å²) in [7, 11) is -2.48. The average Bonchev–Trinajstić information content (AvgIpc) is 2.98. The van der Waals surface area contributed by atoms with Gasteiger partial charge in [-0.25, -0.2) is 8.42 Å². The quantitative estimate of drug-likeness (QED) is 0.333. The fourth-order valence-corrected chi connectivity index (χ4v) is 7.09. The molecule has 0 atom stereocenters. The number of amides is 1. The largest absolute Gasteiger partial charge is 0.495 e. The molecule has 0 aromatic heterocycles. The molecule has 0 saturated carbocycles. The van der Waals surface area contributed by atoms with E-state index in [1.165, 1.54) is 17.5 Å². The van der Waals surface area contributed by atoms with E-state index in [1.54, 1.807) is 29.2 Å². The van der Waals surface area contributed by atoms with Crippen LogP contribution in [-0.2, 0) is 10.0 Å². The predicted octanol–water partition coefficient (Wildman–Crippen LogP) is 6.10. The summed E-state index contributed by atoms with van der Waals surface area (Å²) in [4.78, 5) is 17.2. The van der Waals surface area contributed by atoms with Gasteiger partial charge < -0.3 is 14.5 Å². The molecule has 0 unspecified atom stereocenters. The number of rotatable bonds is 6. The molecule has 11 heteroatoms. The standard InChI is InChI=1S/C29H28Cl3N3O4S/c1-39-27-8-6-22(29(36)34-11-9-20(10-12-34)21-5-7-25(31)26(32)17-21)18-28(27)40(37,38)35-15-13-33(14-16-35)24-4-2-3-23(30)19-24/h2-9,17-19H,10-16H2,1H3. The van der Waals surface area contributed by atoms with Crippen LogP contribution in [0, 0.1) is 0 Å². The molecule has 5 rings (SSSR count). The highest BCUT2D eigenvalue weighted by Gasteiger charge is 2.32. The number of carbonyl (C=O) groups is 1. The summed E-state index contributed by atoms with van der Waals surface area (Å²) in [5.41, 5.74) is 3.29. The molecule has 0 N–H and O–H groups in total. The molecule has 0 bridgehead atoms. The summed E-state index contributed by atoms with van der Waals surface area (Å²) in [6, 6.07) is 17.6. The lowest BCUT2D eigenvalue weighted by atomic mass is 9.99. The lowest BCUT2D eigenvalue weighted by Crippen LogP contribution is -2.48. The minimum Gasteiger partial charge on any atom is -0.495 e. The third kappa shape index (κ3) is 5.97. The van der Waals surface area contributed by atoms with Crippen molar-refractivity contribution in [1.82, 2.24) is 9.21 Å². The zero-order chi connectivity index (χ0) is 28.4. The molecule has 1 fully saturated rings. The minimum atomic E-state index is -3.91. The number of anilines is 1. The van der Waals surface area contributed by atoms with E-state index in [4.69, 9.17) is 39.5 Å². The van der Waals surface area contributed by atoms with Gasteiger partial charge in [0.2, 0.25) is 10.0 Å². The molecule has 2 heterocycles. The van der Waals surface area contributed by atoms with E-state index in [0.717, 1.165) is 16.8 Å². The zero-order valence-electron chi connectivity index (χ0n) is 21.8. The monoisotopic (exact) mass is 619 g/mol. The van der Waals surface area contributed by atoms with Crippen molar-refractivity contribution in [3.8, 4) is 5.75 Å². The highest BCUT2D eigenvalue weighted by atomic mass is 35.5. The van der Waals surface area contributed by atoms with Crippen molar-refractivity contribution < 1.29 is 17.9 Å². The van der Waals surface area contributed by atoms with Crippen LogP contribution in [0.1, 0.15) is 22.3 Å². The Morgan fingerprint density at radius 3 is 2.30 bits per heavy atom. The van der Waals surface area contributed by atoms with Crippen LogP contribution in [0.4, 0.5) is 5.69 Å². The SMILES string of the molecule is COc1ccc(C(=O)N2CC=C(c3ccc(Cl)c(Cl)c3)CC2)cc1S(=O)(=O)N1CCN(c2cccc(Cl)c2)CC1. The third-order valence-electron chi connectivity index (χ3n) is 7.23. The number of methoxy groups -OCH3 is 1. The molecule has 0 radical (unpaired) electrons. The second kappa shape index (κ2) is 12.0. The highest BCUT2D eigenvalue weighted by molar-refractivity contribution is 7.89. The number of hydrogen-bond donors (Lipinski definition) is 0. The fraction of sp³-hybridized carbons (Fsp3) is 0.276. The summed E-state index contributed by atoms with van der Waals surface area (Å²) < 4.78 is 34.3. The molecule has 1 saturated heterocycles. The lowest BCUT2D eigenvalue weighted by Gasteiger charge is -2.35. The predicted molar refractivity (Wildman–Crippen MR) is 160 cm³/mol. The molecule has 0 aliphatic carbocycles. The smallest absolute Gasteiger partial charge is 0.254 e. The molecule has 2 aliphatic rings. The number of hydrogen-bond acceptors (Lipinski definition) is 5. The second-order valence-electron chi connectivity index (χ2n) is 9.60. The van der Waals surface area contributed by atoms with Crippen LogP contribution in [0.3, 0.4) is 0 Å². The van der Waals surface area contributed by atoms with E-state index in [1.807, 2.05) is 36.4 Å². The maximum Gasteiger partial charge on any atom is 0.254 e. The van der Waals surface area contributed by atoms with Gasteiger partial charge in [0.25, 0.3) is 5.91 Å². The van der Waals surface area contributed by atoms with Gasteiger partial charge >= 0.3 is 0 Å². The van der Waals surface area contributed by atoms with Crippen molar-refractivity contribution in [2.75, 3.05) is 51.3 Å². The Labute approximate surface area is 249 Å². The Bertz CT molecular complexity index is 1570. The number of sulfonamides is 1. The van der Waals surface area contributed by atoms with Gasteiger partial charge in [-0.3, -0.25) is 4.79 Å². The van der Waals surface area contributed by atoms with Crippen LogP contribution in [0.15, 0.2) is 71.6 Å². The maximum absolute atomic E-state index is 13.7. The number of ether oxygens (including phenoxy) is 1. The Kier molecular flexibility index (Phi) is 8.63. The van der Waals surface area contributed by atoms with E-state index in [0.29, 0.717) is 66.3 Å². The molecule has 3 aromatic carbocycles. The van der Waals surface area contributed by atoms with Crippen molar-refractivity contribution in [2.24, 2.45) is 0 Å². The Morgan fingerprint density at radius 1 is 0.875 bits per heavy atom. The molecule has 210 valence electrons. The number of halogens is 3. The van der Waals surface area contributed by atoms with Crippen molar-refractivity contribution in [3.05, 3.63) is 92.9 Å². The van der Waals surface area contributed by atoms with E-state index >= 15 is 0 Å². The van der Waals surface area contributed by atoms with Gasteiger partial charge in [0.15, 0.2) is 0 Å². The summed E-state index contributed by atoms with van der Waals surface area (Å²) in [6.45, 7) is 2.51. The summed E-state index contributed by atoms with van der Waals surface area (Å²) in [5, 5.41) is 1.61. The number of piperazine rings is 1. The van der Waals surface area contributed by atoms with Gasteiger partial charge in [-0.15, -0.1) is 0 Å². The first-order valence-electron chi connectivity index (χ1n) is 12.8. The first-order chi connectivity index (χ1) is 19.2. The van der Waals surface area contributed by atoms with Gasteiger partial charge in [-0.1, -0.05) is 53.0 Å². The zero-order valence-corrected chi connectivity index (χ0v) is 24.9. The molecule has 7 nitrogen and oxygen atoms in total. The van der Waals surface area contributed by atoms with E-state index in [9.17, 15) is 13.2 Å². The van der Waals surface area contributed by atoms with Crippen LogP contribution in [0.5, 0.6) is 5.75 Å².